The Morgan fingerprint density at radius 2 is 1.74 bits per heavy atom. The van der Waals surface area contributed by atoms with Crippen LogP contribution in [0.2, 0.25) is 0 Å². The standard InChI is InChI=1S/C29H27NO8/c1-37-20-8-4-13(9-21(20)38-2)3-5-14-6-7-18(31)24-17(14)11-15-10-16-12-19(32)25(29(30)36)28(35)23(16)26(33)22(15)27(24)34/h3-9,15-16,23,31-33H,10-12H2,1-2H3,(H2,30,36)/b5-3+/t15-,16?,23?/m1/s1. The van der Waals surface area contributed by atoms with Crippen LogP contribution in [-0.4, -0.2) is 47.0 Å². The number of aliphatic hydroxyl groups is 2. The third kappa shape index (κ3) is 3.91. The average molecular weight is 518 g/mol. The molecule has 3 aliphatic rings. The molecule has 3 aliphatic carbocycles. The number of aromatic hydroxyl groups is 1. The maximum atomic E-state index is 13.6. The van der Waals surface area contributed by atoms with Crippen LogP contribution in [-0.2, 0) is 16.0 Å². The van der Waals surface area contributed by atoms with Crippen molar-refractivity contribution in [3.05, 3.63) is 75.3 Å². The highest BCUT2D eigenvalue weighted by molar-refractivity contribution is 6.22. The first kappa shape index (κ1) is 25.1. The van der Waals surface area contributed by atoms with Gasteiger partial charge in [0.15, 0.2) is 23.1 Å². The summed E-state index contributed by atoms with van der Waals surface area (Å²) in [5, 5.41) is 32.0. The van der Waals surface area contributed by atoms with Crippen molar-refractivity contribution < 1.29 is 39.2 Å². The summed E-state index contributed by atoms with van der Waals surface area (Å²) in [6, 6.07) is 8.60. The van der Waals surface area contributed by atoms with Gasteiger partial charge in [-0.25, -0.2) is 0 Å². The Bertz CT molecular complexity index is 1480. The Morgan fingerprint density at radius 3 is 2.42 bits per heavy atom. The topological polar surface area (TPSA) is 156 Å². The molecule has 1 amide bonds. The quantitative estimate of drug-likeness (QED) is 0.346. The first-order valence-electron chi connectivity index (χ1n) is 12.1. The molecule has 0 aromatic heterocycles. The number of amides is 1. The van der Waals surface area contributed by atoms with E-state index in [0.29, 0.717) is 29.9 Å². The van der Waals surface area contributed by atoms with Gasteiger partial charge in [-0.1, -0.05) is 24.3 Å². The van der Waals surface area contributed by atoms with E-state index in [0.717, 1.165) is 11.1 Å². The first-order valence-corrected chi connectivity index (χ1v) is 12.1. The van der Waals surface area contributed by atoms with Crippen molar-refractivity contribution in [3.8, 4) is 17.2 Å². The van der Waals surface area contributed by atoms with E-state index in [2.05, 4.69) is 0 Å². The number of fused-ring (bicyclic) bond motifs is 3. The third-order valence-corrected chi connectivity index (χ3v) is 7.67. The molecule has 5 N–H and O–H groups in total. The molecule has 3 atom stereocenters. The Hall–Kier alpha value is -4.53. The van der Waals surface area contributed by atoms with E-state index in [4.69, 9.17) is 15.2 Å². The van der Waals surface area contributed by atoms with Crippen LogP contribution < -0.4 is 15.2 Å². The summed E-state index contributed by atoms with van der Waals surface area (Å²) in [5.41, 5.74) is 7.07. The Balaban J connectivity index is 1.54. The van der Waals surface area contributed by atoms with Gasteiger partial charge in [0.05, 0.1) is 25.7 Å². The molecular weight excluding hydrogens is 490 g/mol. The zero-order valence-corrected chi connectivity index (χ0v) is 20.9. The molecule has 0 bridgehead atoms. The maximum absolute atomic E-state index is 13.6. The number of phenolic OH excluding ortho intramolecular Hbond substituents is 1. The summed E-state index contributed by atoms with van der Waals surface area (Å²) in [6.45, 7) is 0. The molecule has 2 aromatic rings. The number of primary amides is 1. The number of rotatable bonds is 5. The number of aliphatic hydroxyl groups excluding tert-OH is 2. The lowest BCUT2D eigenvalue weighted by Crippen LogP contribution is -2.43. The van der Waals surface area contributed by atoms with Crippen LogP contribution in [0, 0.1) is 17.8 Å². The number of hydrogen-bond acceptors (Lipinski definition) is 8. The number of hydrogen-bond donors (Lipinski definition) is 4. The number of carbonyl (C=O) groups excluding carboxylic acids is 3. The Labute approximate surface area is 218 Å². The van der Waals surface area contributed by atoms with Crippen LogP contribution >= 0.6 is 0 Å². The van der Waals surface area contributed by atoms with Gasteiger partial charge < -0.3 is 30.5 Å². The lowest BCUT2D eigenvalue weighted by atomic mass is 9.62. The molecule has 0 spiro atoms. The second kappa shape index (κ2) is 9.41. The number of ether oxygens (including phenoxy) is 2. The molecule has 9 heteroatoms. The van der Waals surface area contributed by atoms with Crippen LogP contribution in [0.4, 0.5) is 0 Å². The highest BCUT2D eigenvalue weighted by Crippen LogP contribution is 2.49. The van der Waals surface area contributed by atoms with E-state index in [1.807, 2.05) is 24.3 Å². The van der Waals surface area contributed by atoms with Crippen LogP contribution in [0.5, 0.6) is 17.2 Å². The van der Waals surface area contributed by atoms with Crippen molar-refractivity contribution in [2.45, 2.75) is 19.3 Å². The fraction of sp³-hybridized carbons (Fsp3) is 0.276. The molecule has 2 aromatic carbocycles. The smallest absolute Gasteiger partial charge is 0.255 e. The fourth-order valence-electron chi connectivity index (χ4n) is 5.96. The molecule has 2 unspecified atom stereocenters. The molecule has 0 saturated carbocycles. The van der Waals surface area contributed by atoms with Crippen LogP contribution in [0.3, 0.4) is 0 Å². The van der Waals surface area contributed by atoms with E-state index in [1.54, 1.807) is 26.4 Å². The zero-order chi connectivity index (χ0) is 27.3. The fourth-order valence-corrected chi connectivity index (χ4v) is 5.96. The number of Topliss-reactive ketones (excluding diaryl/α,β-unsaturated/α-hetero) is 2. The summed E-state index contributed by atoms with van der Waals surface area (Å²) in [6.07, 6.45) is 4.37. The van der Waals surface area contributed by atoms with E-state index < -0.39 is 52.3 Å². The van der Waals surface area contributed by atoms with Crippen molar-refractivity contribution in [1.82, 2.24) is 0 Å². The molecular formula is C29H27NO8. The van der Waals surface area contributed by atoms with Crippen LogP contribution in [0.15, 0.2) is 53.0 Å². The van der Waals surface area contributed by atoms with Gasteiger partial charge in [0.25, 0.3) is 5.91 Å². The minimum absolute atomic E-state index is 0.00430. The van der Waals surface area contributed by atoms with Gasteiger partial charge in [0.2, 0.25) is 0 Å². The van der Waals surface area contributed by atoms with Crippen molar-refractivity contribution in [2.24, 2.45) is 23.5 Å². The Kier molecular flexibility index (Phi) is 6.22. The highest BCUT2D eigenvalue weighted by atomic mass is 16.5. The molecule has 0 saturated heterocycles. The number of ketones is 2. The molecule has 196 valence electrons. The lowest BCUT2D eigenvalue weighted by molar-refractivity contribution is -0.126. The maximum Gasteiger partial charge on any atom is 0.255 e. The number of nitrogens with two attached hydrogens (primary N) is 1. The number of methoxy groups -OCH3 is 2. The van der Waals surface area contributed by atoms with Crippen molar-refractivity contribution >= 4 is 29.6 Å². The van der Waals surface area contributed by atoms with Gasteiger partial charge in [0, 0.05) is 12.0 Å². The van der Waals surface area contributed by atoms with Gasteiger partial charge >= 0.3 is 0 Å². The van der Waals surface area contributed by atoms with Crippen LogP contribution in [0.25, 0.3) is 12.2 Å². The van der Waals surface area contributed by atoms with Gasteiger partial charge in [-0.3, -0.25) is 14.4 Å². The number of phenols is 1. The second-order valence-electron chi connectivity index (χ2n) is 9.73. The number of benzene rings is 2. The zero-order valence-electron chi connectivity index (χ0n) is 20.9. The summed E-state index contributed by atoms with van der Waals surface area (Å²) in [4.78, 5) is 38.4. The molecule has 0 aliphatic heterocycles. The SMILES string of the molecule is COc1ccc(/C=C/c2ccc(O)c3c2C[C@H]2CC4CC(O)=C(C(N)=O)C(=O)C4C(O)=C2C3=O)cc1OC. The van der Waals surface area contributed by atoms with E-state index in [-0.39, 0.29) is 23.3 Å². The normalized spacial score (nSPS) is 22.7. The predicted octanol–water partition coefficient (Wildman–Crippen LogP) is 3.65. The van der Waals surface area contributed by atoms with Gasteiger partial charge in [-0.2, -0.15) is 0 Å². The second-order valence-corrected chi connectivity index (χ2v) is 9.73. The van der Waals surface area contributed by atoms with E-state index in [1.165, 1.54) is 6.07 Å². The Morgan fingerprint density at radius 1 is 1.00 bits per heavy atom. The minimum atomic E-state index is -1.14. The molecule has 0 radical (unpaired) electrons. The molecule has 38 heavy (non-hydrogen) atoms. The highest BCUT2D eigenvalue weighted by Gasteiger charge is 2.50. The third-order valence-electron chi connectivity index (χ3n) is 7.67. The van der Waals surface area contributed by atoms with E-state index >= 15 is 0 Å². The van der Waals surface area contributed by atoms with Crippen molar-refractivity contribution in [2.75, 3.05) is 14.2 Å². The summed E-state index contributed by atoms with van der Waals surface area (Å²) < 4.78 is 10.6. The molecule has 9 nitrogen and oxygen atoms in total. The van der Waals surface area contributed by atoms with Gasteiger partial charge in [0.1, 0.15) is 22.8 Å². The average Bonchev–Trinajstić information content (AvgIpc) is 2.87. The molecule has 5 rings (SSSR count). The van der Waals surface area contributed by atoms with Gasteiger partial charge in [-0.05, 0) is 59.6 Å². The molecule has 0 fully saturated rings. The predicted molar refractivity (Wildman–Crippen MR) is 138 cm³/mol. The lowest BCUT2D eigenvalue weighted by Gasteiger charge is -2.41. The number of carbonyl (C=O) groups is 3. The summed E-state index contributed by atoms with van der Waals surface area (Å²) in [7, 11) is 3.10. The van der Waals surface area contributed by atoms with Crippen LogP contribution in [0.1, 0.15) is 39.9 Å². The molecule has 0 heterocycles. The van der Waals surface area contributed by atoms with Gasteiger partial charge in [-0.15, -0.1) is 0 Å². The number of allylic oxidation sites excluding steroid dienone is 3. The minimum Gasteiger partial charge on any atom is -0.511 e. The van der Waals surface area contributed by atoms with Crippen molar-refractivity contribution in [3.63, 3.8) is 0 Å². The summed E-state index contributed by atoms with van der Waals surface area (Å²) >= 11 is 0. The first-order chi connectivity index (χ1) is 18.2. The summed E-state index contributed by atoms with van der Waals surface area (Å²) in [5.74, 6) is -4.34. The van der Waals surface area contributed by atoms with E-state index in [9.17, 15) is 29.7 Å². The largest absolute Gasteiger partial charge is 0.511 e. The van der Waals surface area contributed by atoms with Crippen molar-refractivity contribution in [1.29, 1.82) is 0 Å². The monoisotopic (exact) mass is 517 g/mol.